The van der Waals surface area contributed by atoms with E-state index in [4.69, 9.17) is 4.98 Å². The van der Waals surface area contributed by atoms with Gasteiger partial charge in [0.05, 0.1) is 11.3 Å². The van der Waals surface area contributed by atoms with Gasteiger partial charge in [-0.2, -0.15) is 0 Å². The zero-order valence-electron chi connectivity index (χ0n) is 19.0. The summed E-state index contributed by atoms with van der Waals surface area (Å²) in [5.74, 6) is -1.46. The van der Waals surface area contributed by atoms with Crippen LogP contribution in [0.15, 0.2) is 48.5 Å². The van der Waals surface area contributed by atoms with Gasteiger partial charge in [-0.05, 0) is 50.3 Å². The van der Waals surface area contributed by atoms with Crippen molar-refractivity contribution in [3.63, 3.8) is 0 Å². The molecule has 0 bridgehead atoms. The fraction of sp³-hybridized carbons (Fsp3) is 0.370. The van der Waals surface area contributed by atoms with Gasteiger partial charge in [0.25, 0.3) is 5.91 Å². The molecule has 1 saturated heterocycles. The second-order valence-corrected chi connectivity index (χ2v) is 9.11. The number of hydrogen-bond acceptors (Lipinski definition) is 3. The van der Waals surface area contributed by atoms with Crippen molar-refractivity contribution in [3.05, 3.63) is 77.1 Å². The quantitative estimate of drug-likeness (QED) is 0.494. The minimum absolute atomic E-state index is 0.115. The Bertz CT molecular complexity index is 1210. The number of Topliss-reactive ketones (excluding diaryl/α,β-unsaturated/α-hetero) is 1. The molecule has 7 heteroatoms. The van der Waals surface area contributed by atoms with Gasteiger partial charge >= 0.3 is 0 Å². The molecular weight excluding hydrogens is 436 g/mol. The van der Waals surface area contributed by atoms with Crippen molar-refractivity contribution in [2.75, 3.05) is 13.1 Å². The predicted molar refractivity (Wildman–Crippen MR) is 125 cm³/mol. The number of amides is 1. The van der Waals surface area contributed by atoms with E-state index in [9.17, 15) is 18.4 Å². The summed E-state index contributed by atoms with van der Waals surface area (Å²) < 4.78 is 29.8. The molecule has 0 aliphatic carbocycles. The number of piperidine rings is 1. The van der Waals surface area contributed by atoms with Gasteiger partial charge in [-0.3, -0.25) is 9.59 Å². The molecule has 2 aromatic carbocycles. The normalized spacial score (nSPS) is 16.7. The second kappa shape index (κ2) is 9.49. The van der Waals surface area contributed by atoms with E-state index >= 15 is 0 Å². The molecule has 0 atom stereocenters. The van der Waals surface area contributed by atoms with Gasteiger partial charge in [0.1, 0.15) is 23.2 Å². The van der Waals surface area contributed by atoms with Crippen molar-refractivity contribution in [1.29, 1.82) is 0 Å². The third-order valence-electron chi connectivity index (χ3n) is 6.95. The van der Waals surface area contributed by atoms with Crippen LogP contribution in [0.4, 0.5) is 8.78 Å². The van der Waals surface area contributed by atoms with Crippen molar-refractivity contribution in [2.24, 2.45) is 5.92 Å². The SMILES string of the molecule is O=C(c1cc(F)ccc1F)C1CCN(C(=O)c2nc(-c3ccccc3)n3c2CCCCC3)CC1. The van der Waals surface area contributed by atoms with Gasteiger partial charge in [-0.25, -0.2) is 13.8 Å². The van der Waals surface area contributed by atoms with Crippen LogP contribution in [0.3, 0.4) is 0 Å². The molecule has 0 radical (unpaired) electrons. The number of imidazole rings is 1. The van der Waals surface area contributed by atoms with Crippen LogP contribution in [0.5, 0.6) is 0 Å². The fourth-order valence-electron chi connectivity index (χ4n) is 5.10. The van der Waals surface area contributed by atoms with Crippen LogP contribution < -0.4 is 0 Å². The van der Waals surface area contributed by atoms with Crippen LogP contribution in [0.2, 0.25) is 0 Å². The molecule has 176 valence electrons. The number of carbonyl (C=O) groups excluding carboxylic acids is 2. The Hall–Kier alpha value is -3.35. The third kappa shape index (κ3) is 4.27. The first-order valence-electron chi connectivity index (χ1n) is 12.0. The number of benzene rings is 2. The highest BCUT2D eigenvalue weighted by atomic mass is 19.1. The van der Waals surface area contributed by atoms with Crippen LogP contribution in [-0.4, -0.2) is 39.2 Å². The standard InChI is InChI=1S/C27H27F2N3O2/c28-20-10-11-22(29)21(17-20)25(33)18-12-15-31(16-13-18)27(34)24-23-9-5-2-6-14-32(23)26(30-24)19-7-3-1-4-8-19/h1,3-4,7-8,10-11,17-18H,2,5-6,9,12-16H2. The Morgan fingerprint density at radius 2 is 1.68 bits per heavy atom. The van der Waals surface area contributed by atoms with Crippen LogP contribution in [0.25, 0.3) is 11.4 Å². The number of nitrogens with zero attached hydrogens (tertiary/aromatic N) is 3. The lowest BCUT2D eigenvalue weighted by atomic mass is 9.88. The number of aromatic nitrogens is 2. The Balaban J connectivity index is 1.35. The Morgan fingerprint density at radius 3 is 2.44 bits per heavy atom. The minimum atomic E-state index is -0.709. The van der Waals surface area contributed by atoms with Crippen molar-refractivity contribution in [1.82, 2.24) is 14.5 Å². The fourth-order valence-corrected chi connectivity index (χ4v) is 5.10. The van der Waals surface area contributed by atoms with Gasteiger partial charge < -0.3 is 9.47 Å². The van der Waals surface area contributed by atoms with E-state index in [0.29, 0.717) is 31.6 Å². The van der Waals surface area contributed by atoms with Crippen molar-refractivity contribution < 1.29 is 18.4 Å². The van der Waals surface area contributed by atoms with Crippen molar-refractivity contribution in [2.45, 2.75) is 45.1 Å². The molecule has 5 nitrogen and oxygen atoms in total. The lowest BCUT2D eigenvalue weighted by Crippen LogP contribution is -2.41. The van der Waals surface area contributed by atoms with Gasteiger partial charge in [0.15, 0.2) is 5.78 Å². The summed E-state index contributed by atoms with van der Waals surface area (Å²) in [5.41, 5.74) is 2.27. The largest absolute Gasteiger partial charge is 0.337 e. The topological polar surface area (TPSA) is 55.2 Å². The molecule has 0 spiro atoms. The van der Waals surface area contributed by atoms with E-state index in [1.54, 1.807) is 4.90 Å². The second-order valence-electron chi connectivity index (χ2n) is 9.11. The van der Waals surface area contributed by atoms with Crippen LogP contribution in [0, 0.1) is 17.6 Å². The zero-order chi connectivity index (χ0) is 23.7. The number of rotatable bonds is 4. The van der Waals surface area contributed by atoms with E-state index in [1.165, 1.54) is 0 Å². The highest BCUT2D eigenvalue weighted by Crippen LogP contribution is 2.30. The van der Waals surface area contributed by atoms with E-state index in [1.807, 2.05) is 30.3 Å². The average Bonchev–Trinajstić information content (AvgIpc) is 3.05. The van der Waals surface area contributed by atoms with E-state index in [-0.39, 0.29) is 11.5 Å². The molecule has 1 fully saturated rings. The number of halogens is 2. The maximum absolute atomic E-state index is 14.1. The smallest absolute Gasteiger partial charge is 0.274 e. The molecule has 2 aliphatic heterocycles. The molecule has 34 heavy (non-hydrogen) atoms. The van der Waals surface area contributed by atoms with E-state index in [2.05, 4.69) is 4.57 Å². The first-order chi connectivity index (χ1) is 16.5. The van der Waals surface area contributed by atoms with E-state index in [0.717, 1.165) is 67.5 Å². The molecule has 0 unspecified atom stereocenters. The summed E-state index contributed by atoms with van der Waals surface area (Å²) in [7, 11) is 0. The number of likely N-dealkylation sites (tertiary alicyclic amines) is 1. The Kier molecular flexibility index (Phi) is 6.26. The molecule has 5 rings (SSSR count). The van der Waals surface area contributed by atoms with Gasteiger partial charge in [0, 0.05) is 31.1 Å². The zero-order valence-corrected chi connectivity index (χ0v) is 19.0. The van der Waals surface area contributed by atoms with Gasteiger partial charge in [-0.15, -0.1) is 0 Å². The predicted octanol–water partition coefficient (Wildman–Crippen LogP) is 5.29. The molecule has 2 aliphatic rings. The summed E-state index contributed by atoms with van der Waals surface area (Å²) in [6, 6.07) is 12.9. The minimum Gasteiger partial charge on any atom is -0.337 e. The summed E-state index contributed by atoms with van der Waals surface area (Å²) in [4.78, 5) is 32.9. The number of ketones is 1. The van der Waals surface area contributed by atoms with Crippen molar-refractivity contribution in [3.8, 4) is 11.4 Å². The Labute approximate surface area is 197 Å². The monoisotopic (exact) mass is 463 g/mol. The van der Waals surface area contributed by atoms with Crippen molar-refractivity contribution >= 4 is 11.7 Å². The number of hydrogen-bond donors (Lipinski definition) is 0. The summed E-state index contributed by atoms with van der Waals surface area (Å²) in [6.07, 6.45) is 4.85. The van der Waals surface area contributed by atoms with Crippen LogP contribution >= 0.6 is 0 Å². The maximum atomic E-state index is 14.1. The van der Waals surface area contributed by atoms with Gasteiger partial charge in [-0.1, -0.05) is 36.8 Å². The van der Waals surface area contributed by atoms with Crippen LogP contribution in [-0.2, 0) is 13.0 Å². The molecule has 0 N–H and O–H groups in total. The first-order valence-corrected chi connectivity index (χ1v) is 12.0. The summed E-state index contributed by atoms with van der Waals surface area (Å²) in [6.45, 7) is 1.62. The summed E-state index contributed by atoms with van der Waals surface area (Å²) >= 11 is 0. The molecule has 1 amide bonds. The summed E-state index contributed by atoms with van der Waals surface area (Å²) in [5, 5.41) is 0. The highest BCUT2D eigenvalue weighted by Gasteiger charge is 2.33. The molecule has 0 saturated carbocycles. The number of fused-ring (bicyclic) bond motifs is 1. The lowest BCUT2D eigenvalue weighted by Gasteiger charge is -2.31. The van der Waals surface area contributed by atoms with E-state index < -0.39 is 23.3 Å². The highest BCUT2D eigenvalue weighted by molar-refractivity contribution is 5.98. The number of carbonyl (C=O) groups is 2. The molecule has 1 aromatic heterocycles. The average molecular weight is 464 g/mol. The maximum Gasteiger partial charge on any atom is 0.274 e. The molecule has 3 heterocycles. The third-order valence-corrected chi connectivity index (χ3v) is 6.95. The molecular formula is C27H27F2N3O2. The Morgan fingerprint density at radius 1 is 0.912 bits per heavy atom. The van der Waals surface area contributed by atoms with Crippen LogP contribution in [0.1, 0.15) is 58.6 Å². The van der Waals surface area contributed by atoms with Gasteiger partial charge in [0.2, 0.25) is 0 Å². The molecule has 3 aromatic rings. The first kappa shape index (κ1) is 22.4. The lowest BCUT2D eigenvalue weighted by molar-refractivity contribution is 0.0643.